The molecule has 0 fully saturated rings. The molecule has 0 saturated carbocycles. The predicted molar refractivity (Wildman–Crippen MR) is 115 cm³/mol. The van der Waals surface area contributed by atoms with Gasteiger partial charge in [-0.15, -0.1) is 0 Å². The molecular weight excluding hydrogens is 391 g/mol. The van der Waals surface area contributed by atoms with E-state index in [0.717, 1.165) is 55.0 Å². The van der Waals surface area contributed by atoms with Crippen LogP contribution in [0.2, 0.25) is 0 Å². The molecule has 0 unspecified atom stereocenters. The minimum atomic E-state index is -4.64. The summed E-state index contributed by atoms with van der Waals surface area (Å²) in [5, 5.41) is 1.44. The molecule has 3 aromatic rings. The van der Waals surface area contributed by atoms with Crippen molar-refractivity contribution in [1.29, 1.82) is 0 Å². The van der Waals surface area contributed by atoms with E-state index in [-0.39, 0.29) is 34.5 Å². The summed E-state index contributed by atoms with van der Waals surface area (Å²) < 4.78 is 37.3. The summed E-state index contributed by atoms with van der Waals surface area (Å²) >= 11 is 0. The van der Waals surface area contributed by atoms with Crippen LogP contribution in [0.4, 0.5) is 0 Å². The van der Waals surface area contributed by atoms with Gasteiger partial charge in [-0.1, -0.05) is 81.3 Å². The van der Waals surface area contributed by atoms with Crippen molar-refractivity contribution < 1.29 is 42.5 Å². The first kappa shape index (κ1) is 24.1. The topological polar surface area (TPSA) is 57.2 Å². The van der Waals surface area contributed by atoms with Crippen LogP contribution >= 0.6 is 0 Å². The second-order valence-electron chi connectivity index (χ2n) is 7.23. The Labute approximate surface area is 196 Å². The van der Waals surface area contributed by atoms with Gasteiger partial charge in [-0.25, -0.2) is 8.42 Å². The Bertz CT molecular complexity index is 1060. The molecular formula is C24H27NaO3S. The number of benzene rings is 3. The SMILES string of the molecule is CCCCc1c(-c2ccccc2)c(S(=O)(=O)[O-])c2ccccc2c1CCCC.[Na+]. The Hall–Kier alpha value is -1.17. The maximum atomic E-state index is 12.4. The Morgan fingerprint density at radius 3 is 1.83 bits per heavy atom. The van der Waals surface area contributed by atoms with Crippen LogP contribution in [-0.4, -0.2) is 13.0 Å². The number of hydrogen-bond donors (Lipinski definition) is 0. The van der Waals surface area contributed by atoms with Crippen molar-refractivity contribution in [3.8, 4) is 11.1 Å². The maximum Gasteiger partial charge on any atom is 1.00 e. The molecule has 0 amide bonds. The van der Waals surface area contributed by atoms with Gasteiger partial charge in [0.25, 0.3) is 0 Å². The van der Waals surface area contributed by atoms with E-state index < -0.39 is 10.1 Å². The van der Waals surface area contributed by atoms with Crippen molar-refractivity contribution in [1.82, 2.24) is 0 Å². The fourth-order valence-corrected chi connectivity index (χ4v) is 4.91. The molecule has 0 heterocycles. The van der Waals surface area contributed by atoms with E-state index in [4.69, 9.17) is 0 Å². The molecule has 0 atom stereocenters. The third kappa shape index (κ3) is 5.31. The quantitative estimate of drug-likeness (QED) is 0.417. The van der Waals surface area contributed by atoms with Gasteiger partial charge >= 0.3 is 29.6 Å². The van der Waals surface area contributed by atoms with Crippen molar-refractivity contribution in [2.75, 3.05) is 0 Å². The number of unbranched alkanes of at least 4 members (excludes halogenated alkanes) is 2. The number of fused-ring (bicyclic) bond motifs is 1. The number of hydrogen-bond acceptors (Lipinski definition) is 3. The zero-order valence-electron chi connectivity index (χ0n) is 17.6. The molecule has 29 heavy (non-hydrogen) atoms. The van der Waals surface area contributed by atoms with Crippen LogP contribution in [0.25, 0.3) is 21.9 Å². The standard InChI is InChI=1S/C24H28O3S.Na/c1-3-5-14-19-20-16-10-11-17-22(20)24(28(25,26)27)23(21(19)15-6-4-2)18-12-8-7-9-13-18;/h7-13,16-17H,3-6,14-15H2,1-2H3,(H,25,26,27);/q;+1/p-1. The van der Waals surface area contributed by atoms with Crippen LogP contribution < -0.4 is 29.6 Å². The number of aryl methyl sites for hydroxylation is 1. The average Bonchev–Trinajstić information content (AvgIpc) is 2.69. The molecule has 0 N–H and O–H groups in total. The average molecular weight is 419 g/mol. The summed E-state index contributed by atoms with van der Waals surface area (Å²) in [5.41, 5.74) is 3.62. The fourth-order valence-electron chi connectivity index (χ4n) is 3.97. The summed E-state index contributed by atoms with van der Waals surface area (Å²) in [4.78, 5) is -0.0688. The Morgan fingerprint density at radius 2 is 1.28 bits per heavy atom. The van der Waals surface area contributed by atoms with Crippen molar-refractivity contribution in [2.24, 2.45) is 0 Å². The van der Waals surface area contributed by atoms with Gasteiger partial charge in [0.05, 0.1) is 4.90 Å². The molecule has 0 saturated heterocycles. The molecule has 5 heteroatoms. The van der Waals surface area contributed by atoms with E-state index in [1.165, 1.54) is 5.56 Å². The maximum absolute atomic E-state index is 12.4. The third-order valence-corrected chi connectivity index (χ3v) is 6.19. The first-order valence-corrected chi connectivity index (χ1v) is 11.5. The second kappa shape index (κ2) is 10.7. The first-order valence-electron chi connectivity index (χ1n) is 10.1. The first-order chi connectivity index (χ1) is 13.5. The van der Waals surface area contributed by atoms with Crippen molar-refractivity contribution in [3.05, 3.63) is 65.7 Å². The Morgan fingerprint density at radius 1 is 0.759 bits per heavy atom. The molecule has 0 aliphatic heterocycles. The van der Waals surface area contributed by atoms with Gasteiger partial charge in [0.1, 0.15) is 10.1 Å². The van der Waals surface area contributed by atoms with Gasteiger partial charge in [0.15, 0.2) is 0 Å². The molecule has 3 rings (SSSR count). The van der Waals surface area contributed by atoms with Crippen LogP contribution in [0.5, 0.6) is 0 Å². The van der Waals surface area contributed by atoms with Crippen molar-refractivity contribution >= 4 is 20.9 Å². The summed E-state index contributed by atoms with van der Waals surface area (Å²) in [7, 11) is -4.64. The normalized spacial score (nSPS) is 11.4. The smallest absolute Gasteiger partial charge is 0.744 e. The minimum Gasteiger partial charge on any atom is -0.744 e. The van der Waals surface area contributed by atoms with Gasteiger partial charge in [-0.3, -0.25) is 0 Å². The Balaban J connectivity index is 0.00000300. The van der Waals surface area contributed by atoms with Gasteiger partial charge < -0.3 is 4.55 Å². The van der Waals surface area contributed by atoms with Gasteiger partial charge in [-0.2, -0.15) is 0 Å². The summed E-state index contributed by atoms with van der Waals surface area (Å²) in [6.45, 7) is 4.28. The molecule has 3 nitrogen and oxygen atoms in total. The zero-order chi connectivity index (χ0) is 20.1. The van der Waals surface area contributed by atoms with E-state index in [1.54, 1.807) is 12.1 Å². The van der Waals surface area contributed by atoms with Crippen molar-refractivity contribution in [2.45, 2.75) is 57.3 Å². The van der Waals surface area contributed by atoms with Crippen LogP contribution in [-0.2, 0) is 23.0 Å². The molecule has 148 valence electrons. The van der Waals surface area contributed by atoms with Gasteiger partial charge in [-0.05, 0) is 47.8 Å². The molecule has 0 aromatic heterocycles. The van der Waals surface area contributed by atoms with Crippen LogP contribution in [0.1, 0.15) is 50.7 Å². The number of rotatable bonds is 8. The molecule has 0 aliphatic carbocycles. The predicted octanol–water partition coefficient (Wildman–Crippen LogP) is 3.10. The molecule has 3 aromatic carbocycles. The van der Waals surface area contributed by atoms with E-state index in [9.17, 15) is 13.0 Å². The summed E-state index contributed by atoms with van der Waals surface area (Å²) in [5.74, 6) is 0. The molecule has 0 spiro atoms. The fraction of sp³-hybridized carbons (Fsp3) is 0.333. The van der Waals surface area contributed by atoms with Gasteiger partial charge in [0.2, 0.25) is 0 Å². The zero-order valence-corrected chi connectivity index (χ0v) is 20.4. The molecule has 0 aliphatic rings. The van der Waals surface area contributed by atoms with Crippen LogP contribution in [0.3, 0.4) is 0 Å². The molecule has 0 bridgehead atoms. The monoisotopic (exact) mass is 418 g/mol. The van der Waals surface area contributed by atoms with E-state index in [1.807, 2.05) is 42.5 Å². The third-order valence-electron chi connectivity index (χ3n) is 5.26. The summed E-state index contributed by atoms with van der Waals surface area (Å²) in [6, 6.07) is 16.9. The van der Waals surface area contributed by atoms with Crippen LogP contribution in [0, 0.1) is 0 Å². The Kier molecular flexibility index (Phi) is 8.92. The van der Waals surface area contributed by atoms with E-state index in [0.29, 0.717) is 10.9 Å². The summed E-state index contributed by atoms with van der Waals surface area (Å²) in [6.07, 6.45) is 5.70. The minimum absolute atomic E-state index is 0. The molecule has 0 radical (unpaired) electrons. The van der Waals surface area contributed by atoms with Gasteiger partial charge in [0, 0.05) is 10.9 Å². The van der Waals surface area contributed by atoms with Crippen LogP contribution in [0.15, 0.2) is 59.5 Å². The van der Waals surface area contributed by atoms with E-state index in [2.05, 4.69) is 13.8 Å². The van der Waals surface area contributed by atoms with E-state index >= 15 is 0 Å². The van der Waals surface area contributed by atoms with Crippen molar-refractivity contribution in [3.63, 3.8) is 0 Å². The second-order valence-corrected chi connectivity index (χ2v) is 8.55. The largest absolute Gasteiger partial charge is 1.00 e.